The van der Waals surface area contributed by atoms with Crippen molar-refractivity contribution in [1.29, 1.82) is 0 Å². The number of nitrogens with zero attached hydrogens (tertiary/aromatic N) is 1. The highest BCUT2D eigenvalue weighted by Gasteiger charge is 2.43. The molecule has 3 rings (SSSR count). The number of likely N-dealkylation sites (N-methyl/N-ethyl adjacent to an activating group) is 1. The molecule has 1 aromatic rings. The van der Waals surface area contributed by atoms with Gasteiger partial charge in [-0.1, -0.05) is 37.8 Å². The van der Waals surface area contributed by atoms with Crippen molar-refractivity contribution in [3.63, 3.8) is 0 Å². The lowest BCUT2D eigenvalue weighted by Crippen LogP contribution is -2.54. The number of piperidine rings is 1. The molecule has 1 saturated heterocycles. The third-order valence-corrected chi connectivity index (χ3v) is 7.83. The predicted molar refractivity (Wildman–Crippen MR) is 133 cm³/mol. The minimum atomic E-state index is -1.56. The summed E-state index contributed by atoms with van der Waals surface area (Å²) in [6.07, 6.45) is 8.86. The third kappa shape index (κ3) is 7.37. The monoisotopic (exact) mass is 495 g/mol. The summed E-state index contributed by atoms with van der Waals surface area (Å²) in [7, 11) is 3.51. The molecule has 2 fully saturated rings. The van der Waals surface area contributed by atoms with Gasteiger partial charge < -0.3 is 25.4 Å². The normalized spacial score (nSPS) is 21.6. The van der Waals surface area contributed by atoms with Crippen LogP contribution in [-0.2, 0) is 10.3 Å². The first-order chi connectivity index (χ1) is 16.9. The highest BCUT2D eigenvalue weighted by atomic mass is 19.2. The summed E-state index contributed by atoms with van der Waals surface area (Å²) in [5.74, 6) is -1.71. The fourth-order valence-corrected chi connectivity index (χ4v) is 5.94. The number of nitrogens with one attached hydrogen (secondary N) is 2. The van der Waals surface area contributed by atoms with Crippen LogP contribution >= 0.6 is 0 Å². The van der Waals surface area contributed by atoms with Gasteiger partial charge in [0, 0.05) is 50.9 Å². The Balaban J connectivity index is 1.73. The topological polar surface area (TPSA) is 73.8 Å². The van der Waals surface area contributed by atoms with Gasteiger partial charge in [-0.05, 0) is 57.6 Å². The van der Waals surface area contributed by atoms with Crippen molar-refractivity contribution >= 4 is 6.03 Å². The van der Waals surface area contributed by atoms with Crippen molar-refractivity contribution in [2.45, 2.75) is 75.9 Å². The van der Waals surface area contributed by atoms with Gasteiger partial charge in [0.1, 0.15) is 0 Å². The Morgan fingerprint density at radius 1 is 1.23 bits per heavy atom. The number of rotatable bonds is 12. The van der Waals surface area contributed by atoms with E-state index in [1.807, 2.05) is 7.05 Å². The van der Waals surface area contributed by atoms with Gasteiger partial charge in [-0.15, -0.1) is 0 Å². The molecule has 3 N–H and O–H groups in total. The second kappa shape index (κ2) is 13.5. The molecule has 6 nitrogen and oxygen atoms in total. The van der Waals surface area contributed by atoms with E-state index in [1.165, 1.54) is 37.8 Å². The van der Waals surface area contributed by atoms with Crippen molar-refractivity contribution in [1.82, 2.24) is 15.5 Å². The number of methoxy groups -OCH3 is 1. The molecule has 0 spiro atoms. The number of halogens is 2. The summed E-state index contributed by atoms with van der Waals surface area (Å²) in [6.45, 7) is 2.13. The zero-order valence-electron chi connectivity index (χ0n) is 21.3. The van der Waals surface area contributed by atoms with Crippen LogP contribution in [0.3, 0.4) is 0 Å². The first kappa shape index (κ1) is 27.8. The van der Waals surface area contributed by atoms with Crippen LogP contribution in [0.2, 0.25) is 0 Å². The van der Waals surface area contributed by atoms with E-state index in [2.05, 4.69) is 10.6 Å². The molecule has 0 unspecified atom stereocenters. The average Bonchev–Trinajstić information content (AvgIpc) is 3.36. The number of benzene rings is 1. The molecule has 1 aliphatic carbocycles. The standard InChI is InChI=1S/C27H43F2N3O3/c1-30-18-22(17-20-9-3-4-10-20)31-26(33)32-15-8-11-21(19-32)27(34,14-5-6-16-35-2)23-12-7-13-24(28)25(23)29/h7,12-13,20-22,30,34H,3-6,8-11,14-19H2,1-2H3,(H,31,33)/t21-,22+,27+/m1/s1. The Bertz CT molecular complexity index is 806. The summed E-state index contributed by atoms with van der Waals surface area (Å²) < 4.78 is 34.1. The summed E-state index contributed by atoms with van der Waals surface area (Å²) in [6, 6.07) is 3.88. The Hall–Kier alpha value is -1.77. The van der Waals surface area contributed by atoms with Crippen LogP contribution in [0.25, 0.3) is 0 Å². The van der Waals surface area contributed by atoms with Gasteiger partial charge in [-0.2, -0.15) is 0 Å². The number of urea groups is 1. The fraction of sp³-hybridized carbons (Fsp3) is 0.741. The molecule has 198 valence electrons. The van der Waals surface area contributed by atoms with Crippen molar-refractivity contribution in [2.24, 2.45) is 11.8 Å². The Labute approximate surface area is 208 Å². The van der Waals surface area contributed by atoms with E-state index in [0.717, 1.165) is 12.5 Å². The maximum atomic E-state index is 14.9. The Kier molecular flexibility index (Phi) is 10.7. The van der Waals surface area contributed by atoms with Gasteiger partial charge in [0.2, 0.25) is 0 Å². The maximum absolute atomic E-state index is 14.9. The molecule has 1 aromatic carbocycles. The Morgan fingerprint density at radius 3 is 2.71 bits per heavy atom. The van der Waals surface area contributed by atoms with E-state index in [-0.39, 0.29) is 24.1 Å². The summed E-state index contributed by atoms with van der Waals surface area (Å²) in [4.78, 5) is 15.0. The predicted octanol–water partition coefficient (Wildman–Crippen LogP) is 4.56. The molecular formula is C27H43F2N3O3. The third-order valence-electron chi connectivity index (χ3n) is 7.83. The van der Waals surface area contributed by atoms with Crippen LogP contribution in [0, 0.1) is 23.5 Å². The second-order valence-corrected chi connectivity index (χ2v) is 10.4. The molecular weight excluding hydrogens is 452 g/mol. The molecule has 1 saturated carbocycles. The smallest absolute Gasteiger partial charge is 0.317 e. The van der Waals surface area contributed by atoms with E-state index >= 15 is 0 Å². The lowest BCUT2D eigenvalue weighted by Gasteiger charge is -2.43. The zero-order chi connectivity index (χ0) is 25.3. The van der Waals surface area contributed by atoms with Crippen LogP contribution in [0.5, 0.6) is 0 Å². The number of unbranched alkanes of at least 4 members (excludes halogenated alkanes) is 1. The summed E-state index contributed by atoms with van der Waals surface area (Å²) in [5.41, 5.74) is -1.58. The maximum Gasteiger partial charge on any atom is 0.317 e. The van der Waals surface area contributed by atoms with Gasteiger partial charge in [0.05, 0.1) is 5.60 Å². The average molecular weight is 496 g/mol. The number of ether oxygens (including phenoxy) is 1. The Morgan fingerprint density at radius 2 is 2.00 bits per heavy atom. The SMILES string of the molecule is CNC[C@H](CC1CCCC1)NC(=O)N1CCC[C@@H]([C@@](O)(CCCCOC)c2cccc(F)c2F)C1. The fourth-order valence-electron chi connectivity index (χ4n) is 5.94. The second-order valence-electron chi connectivity index (χ2n) is 10.4. The quantitative estimate of drug-likeness (QED) is 0.372. The van der Waals surface area contributed by atoms with Crippen LogP contribution in [0.15, 0.2) is 18.2 Å². The molecule has 2 amide bonds. The van der Waals surface area contributed by atoms with Gasteiger partial charge >= 0.3 is 6.03 Å². The largest absolute Gasteiger partial charge is 0.385 e. The first-order valence-corrected chi connectivity index (χ1v) is 13.2. The molecule has 0 radical (unpaired) electrons. The zero-order valence-corrected chi connectivity index (χ0v) is 21.3. The molecule has 0 bridgehead atoms. The lowest BCUT2D eigenvalue weighted by molar-refractivity contribution is -0.0591. The molecule has 2 aliphatic rings. The first-order valence-electron chi connectivity index (χ1n) is 13.2. The minimum Gasteiger partial charge on any atom is -0.385 e. The van der Waals surface area contributed by atoms with E-state index in [9.17, 15) is 18.7 Å². The van der Waals surface area contributed by atoms with Crippen molar-refractivity contribution in [2.75, 3.05) is 40.4 Å². The highest BCUT2D eigenvalue weighted by molar-refractivity contribution is 5.74. The van der Waals surface area contributed by atoms with Crippen molar-refractivity contribution in [3.8, 4) is 0 Å². The number of hydrogen-bond donors (Lipinski definition) is 3. The van der Waals surface area contributed by atoms with E-state index in [0.29, 0.717) is 57.8 Å². The van der Waals surface area contributed by atoms with E-state index in [4.69, 9.17) is 4.74 Å². The van der Waals surface area contributed by atoms with Crippen LogP contribution in [-0.4, -0.2) is 62.5 Å². The van der Waals surface area contributed by atoms with Gasteiger partial charge in [-0.25, -0.2) is 13.6 Å². The number of aliphatic hydroxyl groups is 1. The van der Waals surface area contributed by atoms with Crippen LogP contribution in [0.1, 0.15) is 69.8 Å². The van der Waals surface area contributed by atoms with Crippen LogP contribution in [0.4, 0.5) is 13.6 Å². The number of carbonyl (C=O) groups excluding carboxylic acids is 1. The summed E-state index contributed by atoms with van der Waals surface area (Å²) >= 11 is 0. The van der Waals surface area contributed by atoms with Crippen molar-refractivity contribution < 1.29 is 23.4 Å². The van der Waals surface area contributed by atoms with Gasteiger partial charge in [0.15, 0.2) is 11.6 Å². The summed E-state index contributed by atoms with van der Waals surface area (Å²) in [5, 5.41) is 18.2. The lowest BCUT2D eigenvalue weighted by atomic mass is 9.74. The van der Waals surface area contributed by atoms with Gasteiger partial charge in [-0.3, -0.25) is 0 Å². The number of carbonyl (C=O) groups is 1. The van der Waals surface area contributed by atoms with Gasteiger partial charge in [0.25, 0.3) is 0 Å². The molecule has 35 heavy (non-hydrogen) atoms. The van der Waals surface area contributed by atoms with E-state index < -0.39 is 23.2 Å². The molecule has 1 aliphatic heterocycles. The van der Waals surface area contributed by atoms with E-state index in [1.54, 1.807) is 12.0 Å². The number of likely N-dealkylation sites (tertiary alicyclic amines) is 1. The highest BCUT2D eigenvalue weighted by Crippen LogP contribution is 2.41. The molecule has 1 heterocycles. The molecule has 8 heteroatoms. The number of amides is 2. The van der Waals surface area contributed by atoms with Crippen molar-refractivity contribution in [3.05, 3.63) is 35.4 Å². The number of hydrogen-bond acceptors (Lipinski definition) is 4. The van der Waals surface area contributed by atoms with Crippen LogP contribution < -0.4 is 10.6 Å². The minimum absolute atomic E-state index is 0.0172. The molecule has 3 atom stereocenters. The molecule has 0 aromatic heterocycles.